The lowest BCUT2D eigenvalue weighted by molar-refractivity contribution is 0.305. The maximum atomic E-state index is 5.92. The van der Waals surface area contributed by atoms with Crippen LogP contribution in [0.3, 0.4) is 0 Å². The Labute approximate surface area is 123 Å². The van der Waals surface area contributed by atoms with Gasteiger partial charge in [-0.25, -0.2) is 0 Å². The standard InChI is InChI=1S/C15H15Cl2NO/c1-10-4-11(8-18)2-3-12(10)9-19-15-6-13(16)5-14(17)7-15/h2-7H,8-9,18H2,1H3. The Kier molecular flexibility index (Phi) is 4.70. The zero-order valence-electron chi connectivity index (χ0n) is 10.6. The summed E-state index contributed by atoms with van der Waals surface area (Å²) in [6.07, 6.45) is 0. The largest absolute Gasteiger partial charge is 0.489 e. The van der Waals surface area contributed by atoms with Crippen LogP contribution in [-0.2, 0) is 13.2 Å². The predicted molar refractivity (Wildman–Crippen MR) is 79.9 cm³/mol. The van der Waals surface area contributed by atoms with Gasteiger partial charge in [0, 0.05) is 16.6 Å². The first kappa shape index (κ1) is 14.2. The van der Waals surface area contributed by atoms with Gasteiger partial charge in [0.2, 0.25) is 0 Å². The van der Waals surface area contributed by atoms with Gasteiger partial charge in [-0.1, -0.05) is 41.4 Å². The maximum absolute atomic E-state index is 5.92. The number of nitrogens with two attached hydrogens (primary N) is 1. The fraction of sp³-hybridized carbons (Fsp3) is 0.200. The Morgan fingerprint density at radius 1 is 1.05 bits per heavy atom. The van der Waals surface area contributed by atoms with Crippen LogP contribution in [0.5, 0.6) is 5.75 Å². The molecule has 0 aliphatic heterocycles. The van der Waals surface area contributed by atoms with Gasteiger partial charge in [-0.05, 0) is 41.8 Å². The van der Waals surface area contributed by atoms with E-state index in [2.05, 4.69) is 6.07 Å². The van der Waals surface area contributed by atoms with Crippen LogP contribution < -0.4 is 10.5 Å². The molecule has 0 saturated carbocycles. The smallest absolute Gasteiger partial charge is 0.122 e. The van der Waals surface area contributed by atoms with Crippen LogP contribution in [-0.4, -0.2) is 0 Å². The van der Waals surface area contributed by atoms with Gasteiger partial charge in [-0.15, -0.1) is 0 Å². The Bertz CT molecular complexity index is 564. The summed E-state index contributed by atoms with van der Waals surface area (Å²) >= 11 is 11.8. The second kappa shape index (κ2) is 6.29. The minimum absolute atomic E-state index is 0.480. The summed E-state index contributed by atoms with van der Waals surface area (Å²) in [5.41, 5.74) is 9.01. The number of rotatable bonds is 4. The van der Waals surface area contributed by atoms with Crippen molar-refractivity contribution in [2.45, 2.75) is 20.1 Å². The van der Waals surface area contributed by atoms with Crippen molar-refractivity contribution in [3.8, 4) is 5.75 Å². The van der Waals surface area contributed by atoms with E-state index in [9.17, 15) is 0 Å². The number of aryl methyl sites for hydroxylation is 1. The van der Waals surface area contributed by atoms with Crippen LogP contribution in [0.15, 0.2) is 36.4 Å². The molecule has 19 heavy (non-hydrogen) atoms. The Hall–Kier alpha value is -1.22. The van der Waals surface area contributed by atoms with Crippen LogP contribution in [0.2, 0.25) is 10.0 Å². The maximum Gasteiger partial charge on any atom is 0.122 e. The first-order valence-corrected chi connectivity index (χ1v) is 6.71. The summed E-state index contributed by atoms with van der Waals surface area (Å²) in [6.45, 7) is 3.07. The summed E-state index contributed by atoms with van der Waals surface area (Å²) in [7, 11) is 0. The summed E-state index contributed by atoms with van der Waals surface area (Å²) in [6, 6.07) is 11.3. The summed E-state index contributed by atoms with van der Waals surface area (Å²) in [4.78, 5) is 0. The Balaban J connectivity index is 2.10. The summed E-state index contributed by atoms with van der Waals surface area (Å²) in [5, 5.41) is 1.13. The van der Waals surface area contributed by atoms with Gasteiger partial charge in [0.25, 0.3) is 0 Å². The molecule has 0 fully saturated rings. The van der Waals surface area contributed by atoms with E-state index in [0.29, 0.717) is 28.9 Å². The lowest BCUT2D eigenvalue weighted by Gasteiger charge is -2.10. The van der Waals surface area contributed by atoms with Crippen LogP contribution in [0.1, 0.15) is 16.7 Å². The molecular weight excluding hydrogens is 281 g/mol. The third kappa shape index (κ3) is 3.87. The molecule has 2 rings (SSSR count). The normalized spacial score (nSPS) is 10.5. The lowest BCUT2D eigenvalue weighted by atomic mass is 10.1. The van der Waals surface area contributed by atoms with Gasteiger partial charge in [-0.3, -0.25) is 0 Å². The average molecular weight is 296 g/mol. The van der Waals surface area contributed by atoms with Crippen molar-refractivity contribution in [3.63, 3.8) is 0 Å². The van der Waals surface area contributed by atoms with Gasteiger partial charge in [0.1, 0.15) is 12.4 Å². The Morgan fingerprint density at radius 2 is 1.74 bits per heavy atom. The summed E-state index contributed by atoms with van der Waals surface area (Å²) in [5.74, 6) is 0.666. The van der Waals surface area contributed by atoms with Crippen molar-refractivity contribution in [3.05, 3.63) is 63.1 Å². The van der Waals surface area contributed by atoms with E-state index < -0.39 is 0 Å². The van der Waals surface area contributed by atoms with Gasteiger partial charge in [0.15, 0.2) is 0 Å². The van der Waals surface area contributed by atoms with E-state index in [0.717, 1.165) is 16.7 Å². The quantitative estimate of drug-likeness (QED) is 0.911. The third-order valence-corrected chi connectivity index (χ3v) is 3.31. The van der Waals surface area contributed by atoms with E-state index in [1.54, 1.807) is 18.2 Å². The highest BCUT2D eigenvalue weighted by Gasteiger charge is 2.03. The molecule has 100 valence electrons. The molecule has 0 bridgehead atoms. The van der Waals surface area contributed by atoms with Crippen molar-refractivity contribution in [2.75, 3.05) is 0 Å². The molecule has 0 radical (unpaired) electrons. The number of halogens is 2. The molecule has 2 aromatic rings. The van der Waals surface area contributed by atoms with Gasteiger partial charge >= 0.3 is 0 Å². The minimum Gasteiger partial charge on any atom is -0.489 e. The van der Waals surface area contributed by atoms with E-state index in [4.69, 9.17) is 33.7 Å². The molecule has 2 aromatic carbocycles. The summed E-state index contributed by atoms with van der Waals surface area (Å²) < 4.78 is 5.71. The zero-order valence-corrected chi connectivity index (χ0v) is 12.1. The van der Waals surface area contributed by atoms with Crippen LogP contribution >= 0.6 is 23.2 Å². The monoisotopic (exact) mass is 295 g/mol. The van der Waals surface area contributed by atoms with Gasteiger partial charge < -0.3 is 10.5 Å². The molecule has 2 N–H and O–H groups in total. The predicted octanol–water partition coefficient (Wildman–Crippen LogP) is 4.34. The highest BCUT2D eigenvalue weighted by molar-refractivity contribution is 6.34. The SMILES string of the molecule is Cc1cc(CN)ccc1COc1cc(Cl)cc(Cl)c1. The highest BCUT2D eigenvalue weighted by Crippen LogP contribution is 2.25. The number of benzene rings is 2. The number of hydrogen-bond donors (Lipinski definition) is 1. The van der Waals surface area contributed by atoms with Crippen LogP contribution in [0, 0.1) is 6.92 Å². The van der Waals surface area contributed by atoms with Crippen LogP contribution in [0.4, 0.5) is 0 Å². The van der Waals surface area contributed by atoms with E-state index in [-0.39, 0.29) is 0 Å². The molecule has 0 heterocycles. The molecular formula is C15H15Cl2NO. The van der Waals surface area contributed by atoms with Crippen molar-refractivity contribution in [1.82, 2.24) is 0 Å². The minimum atomic E-state index is 0.480. The molecule has 0 unspecified atom stereocenters. The topological polar surface area (TPSA) is 35.2 Å². The molecule has 0 atom stereocenters. The fourth-order valence-corrected chi connectivity index (χ4v) is 2.33. The molecule has 4 heteroatoms. The second-order valence-corrected chi connectivity index (χ2v) is 5.23. The molecule has 0 aromatic heterocycles. The Morgan fingerprint density at radius 3 is 2.32 bits per heavy atom. The molecule has 0 amide bonds. The van der Waals surface area contributed by atoms with Crippen molar-refractivity contribution in [2.24, 2.45) is 5.73 Å². The molecule has 0 aliphatic carbocycles. The molecule has 0 spiro atoms. The average Bonchev–Trinajstić information content (AvgIpc) is 2.36. The highest BCUT2D eigenvalue weighted by atomic mass is 35.5. The molecule has 0 saturated heterocycles. The third-order valence-electron chi connectivity index (χ3n) is 2.87. The fourth-order valence-electron chi connectivity index (χ4n) is 1.82. The van der Waals surface area contributed by atoms with E-state index >= 15 is 0 Å². The van der Waals surface area contributed by atoms with Gasteiger partial charge in [-0.2, -0.15) is 0 Å². The van der Waals surface area contributed by atoms with Crippen molar-refractivity contribution < 1.29 is 4.74 Å². The first-order valence-electron chi connectivity index (χ1n) is 5.96. The second-order valence-electron chi connectivity index (χ2n) is 4.36. The van der Waals surface area contributed by atoms with Crippen LogP contribution in [0.25, 0.3) is 0 Å². The number of ether oxygens (including phenoxy) is 1. The van der Waals surface area contributed by atoms with Gasteiger partial charge in [0.05, 0.1) is 0 Å². The molecule has 0 aliphatic rings. The zero-order chi connectivity index (χ0) is 13.8. The van der Waals surface area contributed by atoms with E-state index in [1.807, 2.05) is 19.1 Å². The molecule has 2 nitrogen and oxygen atoms in total. The lowest BCUT2D eigenvalue weighted by Crippen LogP contribution is -2.01. The van der Waals surface area contributed by atoms with Crippen molar-refractivity contribution >= 4 is 23.2 Å². The van der Waals surface area contributed by atoms with E-state index in [1.165, 1.54) is 0 Å². The first-order chi connectivity index (χ1) is 9.08. The number of hydrogen-bond acceptors (Lipinski definition) is 2. The van der Waals surface area contributed by atoms with Crippen molar-refractivity contribution in [1.29, 1.82) is 0 Å².